The van der Waals surface area contributed by atoms with Crippen LogP contribution in [0.25, 0.3) is 6.08 Å². The van der Waals surface area contributed by atoms with E-state index in [4.69, 9.17) is 4.74 Å². The Labute approximate surface area is 214 Å². The number of hydrogen-bond donors (Lipinski definition) is 0. The summed E-state index contributed by atoms with van der Waals surface area (Å²) in [5.41, 5.74) is 2.86. The average molecular weight is 481 g/mol. The third kappa shape index (κ3) is 6.86. The number of unbranched alkanes of at least 4 members (excludes halogenated alkanes) is 10. The number of ketones is 1. The van der Waals surface area contributed by atoms with E-state index in [1.165, 1.54) is 57.8 Å². The monoisotopic (exact) mass is 480 g/mol. The number of benzene rings is 1. The number of Topliss-reactive ketones (excluding diaryl/α,β-unsaturated/α-hetero) is 1. The fourth-order valence-corrected chi connectivity index (χ4v) is 6.15. The Hall–Kier alpha value is -1.90. The van der Waals surface area contributed by atoms with Gasteiger partial charge in [0.25, 0.3) is 0 Å². The molecule has 194 valence electrons. The minimum absolute atomic E-state index is 0.0396. The summed E-state index contributed by atoms with van der Waals surface area (Å²) in [4.78, 5) is 25.2. The number of hydrogen-bond acceptors (Lipinski definition) is 3. The molecule has 1 aromatic rings. The highest BCUT2D eigenvalue weighted by Crippen LogP contribution is 2.65. The lowest BCUT2D eigenvalue weighted by atomic mass is 9.70. The van der Waals surface area contributed by atoms with Gasteiger partial charge < -0.3 is 4.74 Å². The van der Waals surface area contributed by atoms with Crippen molar-refractivity contribution in [3.63, 3.8) is 0 Å². The molecule has 2 saturated carbocycles. The summed E-state index contributed by atoms with van der Waals surface area (Å²) in [6.45, 7) is 9.22. The third-order valence-electron chi connectivity index (χ3n) is 9.05. The molecule has 0 aliphatic heterocycles. The van der Waals surface area contributed by atoms with E-state index in [9.17, 15) is 9.59 Å². The minimum Gasteiger partial charge on any atom is -0.461 e. The number of rotatable bonds is 15. The van der Waals surface area contributed by atoms with Crippen molar-refractivity contribution in [1.82, 2.24) is 0 Å². The topological polar surface area (TPSA) is 43.4 Å². The number of fused-ring (bicyclic) bond motifs is 2. The van der Waals surface area contributed by atoms with Gasteiger partial charge in [0.1, 0.15) is 6.61 Å². The Kier molecular flexibility index (Phi) is 10.2. The molecule has 0 spiro atoms. The molecule has 0 saturated heterocycles. The zero-order chi connectivity index (χ0) is 25.3. The first-order valence-corrected chi connectivity index (χ1v) is 14.3. The molecule has 0 amide bonds. The van der Waals surface area contributed by atoms with E-state index >= 15 is 0 Å². The molecule has 1 aromatic carbocycles. The molecule has 35 heavy (non-hydrogen) atoms. The molecular weight excluding hydrogens is 432 g/mol. The van der Waals surface area contributed by atoms with Crippen LogP contribution in [0, 0.1) is 16.7 Å². The van der Waals surface area contributed by atoms with Crippen LogP contribution in [0.15, 0.2) is 29.8 Å². The van der Waals surface area contributed by atoms with E-state index < -0.39 is 0 Å². The molecule has 2 aliphatic carbocycles. The first kappa shape index (κ1) is 27.7. The van der Waals surface area contributed by atoms with Crippen molar-refractivity contribution in [3.05, 3.63) is 41.0 Å². The van der Waals surface area contributed by atoms with Gasteiger partial charge in [-0.3, -0.25) is 9.59 Å². The molecule has 3 heteroatoms. The number of allylic oxidation sites excluding steroid dienone is 1. The van der Waals surface area contributed by atoms with E-state index in [1.54, 1.807) is 0 Å². The number of ether oxygens (including phenoxy) is 1. The Bertz CT molecular complexity index is 863. The van der Waals surface area contributed by atoms with Gasteiger partial charge in [-0.15, -0.1) is 0 Å². The highest BCUT2D eigenvalue weighted by Gasteiger charge is 2.63. The third-order valence-corrected chi connectivity index (χ3v) is 9.05. The maximum atomic E-state index is 13.0. The lowest BCUT2D eigenvalue weighted by Crippen LogP contribution is -2.32. The minimum atomic E-state index is -0.217. The first-order valence-electron chi connectivity index (χ1n) is 14.3. The van der Waals surface area contributed by atoms with E-state index in [0.29, 0.717) is 24.7 Å². The zero-order valence-corrected chi connectivity index (χ0v) is 22.8. The normalized spacial score (nSPS) is 23.8. The molecule has 0 heterocycles. The SMILES string of the molecule is CCCCCCCCCCCCCC(=O)OCc1ccc(C=C2C(=O)C3(C)CCC2C3(C)C)cc1. The predicted octanol–water partition coefficient (Wildman–Crippen LogP) is 8.84. The van der Waals surface area contributed by atoms with E-state index in [2.05, 4.69) is 33.8 Å². The maximum absolute atomic E-state index is 13.0. The van der Waals surface area contributed by atoms with Gasteiger partial charge in [0.05, 0.1) is 0 Å². The molecule has 2 bridgehead atoms. The summed E-state index contributed by atoms with van der Waals surface area (Å²) in [5.74, 6) is 0.588. The molecular formula is C32H48O3. The van der Waals surface area contributed by atoms with Gasteiger partial charge in [0.2, 0.25) is 0 Å². The fourth-order valence-electron chi connectivity index (χ4n) is 6.15. The van der Waals surface area contributed by atoms with Gasteiger partial charge in [0.15, 0.2) is 5.78 Å². The van der Waals surface area contributed by atoms with Crippen molar-refractivity contribution < 1.29 is 14.3 Å². The molecule has 0 aromatic heterocycles. The summed E-state index contributed by atoms with van der Waals surface area (Å²) in [6, 6.07) is 8.09. The van der Waals surface area contributed by atoms with Crippen LogP contribution in [0.2, 0.25) is 0 Å². The molecule has 2 atom stereocenters. The largest absolute Gasteiger partial charge is 0.461 e. The second-order valence-corrected chi connectivity index (χ2v) is 11.8. The standard InChI is InChI=1S/C32H48O3/c1-5-6-7-8-9-10-11-12-13-14-15-16-29(33)35-24-26-19-17-25(18-20-26)23-27-28-21-22-32(4,30(27)34)31(28,2)3/h17-20,23,28H,5-16,21-22,24H2,1-4H3. The Morgan fingerprint density at radius 2 is 1.49 bits per heavy atom. The quantitative estimate of drug-likeness (QED) is 0.143. The Balaban J connectivity index is 1.31. The van der Waals surface area contributed by atoms with Crippen LogP contribution in [0.1, 0.15) is 129 Å². The van der Waals surface area contributed by atoms with Crippen LogP contribution in [0.5, 0.6) is 0 Å². The van der Waals surface area contributed by atoms with Crippen LogP contribution >= 0.6 is 0 Å². The van der Waals surface area contributed by atoms with Crippen molar-refractivity contribution in [2.45, 2.75) is 124 Å². The number of carbonyl (C=O) groups is 2. The van der Waals surface area contributed by atoms with Gasteiger partial charge in [-0.25, -0.2) is 0 Å². The van der Waals surface area contributed by atoms with Crippen molar-refractivity contribution in [2.24, 2.45) is 16.7 Å². The Morgan fingerprint density at radius 3 is 2.03 bits per heavy atom. The molecule has 0 radical (unpaired) electrons. The van der Waals surface area contributed by atoms with Crippen molar-refractivity contribution in [2.75, 3.05) is 0 Å². The van der Waals surface area contributed by atoms with E-state index in [1.807, 2.05) is 24.3 Å². The van der Waals surface area contributed by atoms with Crippen LogP contribution in [0.4, 0.5) is 0 Å². The maximum Gasteiger partial charge on any atom is 0.306 e. The average Bonchev–Trinajstić information content (AvgIpc) is 3.15. The van der Waals surface area contributed by atoms with Gasteiger partial charge >= 0.3 is 5.97 Å². The Morgan fingerprint density at radius 1 is 0.914 bits per heavy atom. The second kappa shape index (κ2) is 12.9. The highest BCUT2D eigenvalue weighted by atomic mass is 16.5. The van der Waals surface area contributed by atoms with Crippen molar-refractivity contribution >= 4 is 17.8 Å². The molecule has 2 unspecified atom stereocenters. The highest BCUT2D eigenvalue weighted by molar-refractivity contribution is 6.07. The van der Waals surface area contributed by atoms with Crippen molar-refractivity contribution in [3.8, 4) is 0 Å². The van der Waals surface area contributed by atoms with Gasteiger partial charge in [-0.05, 0) is 53.4 Å². The first-order chi connectivity index (χ1) is 16.8. The number of carbonyl (C=O) groups excluding carboxylic acids is 2. The second-order valence-electron chi connectivity index (χ2n) is 11.8. The molecule has 3 rings (SSSR count). The van der Waals surface area contributed by atoms with Gasteiger partial charge in [-0.2, -0.15) is 0 Å². The van der Waals surface area contributed by atoms with Crippen LogP contribution in [0.3, 0.4) is 0 Å². The lowest BCUT2D eigenvalue weighted by molar-refractivity contribution is -0.145. The molecule has 0 N–H and O–H groups in total. The number of esters is 1. The molecule has 2 fully saturated rings. The van der Waals surface area contributed by atoms with Gasteiger partial charge in [-0.1, -0.05) is 116 Å². The zero-order valence-electron chi connectivity index (χ0n) is 22.8. The van der Waals surface area contributed by atoms with E-state index in [-0.39, 0.29) is 16.8 Å². The summed E-state index contributed by atoms with van der Waals surface area (Å²) < 4.78 is 5.48. The van der Waals surface area contributed by atoms with Crippen LogP contribution < -0.4 is 0 Å². The van der Waals surface area contributed by atoms with Crippen LogP contribution in [-0.2, 0) is 20.9 Å². The smallest absolute Gasteiger partial charge is 0.306 e. The summed E-state index contributed by atoms with van der Waals surface area (Å²) in [5, 5.41) is 0. The van der Waals surface area contributed by atoms with E-state index in [0.717, 1.165) is 42.4 Å². The van der Waals surface area contributed by atoms with Crippen LogP contribution in [-0.4, -0.2) is 11.8 Å². The molecule has 2 aliphatic rings. The summed E-state index contributed by atoms with van der Waals surface area (Å²) >= 11 is 0. The fraction of sp³-hybridized carbons (Fsp3) is 0.688. The predicted molar refractivity (Wildman–Crippen MR) is 145 cm³/mol. The van der Waals surface area contributed by atoms with Crippen molar-refractivity contribution in [1.29, 1.82) is 0 Å². The summed E-state index contributed by atoms with van der Waals surface area (Å²) in [7, 11) is 0. The summed E-state index contributed by atoms with van der Waals surface area (Å²) in [6.07, 6.45) is 18.8. The lowest BCUT2D eigenvalue weighted by Gasteiger charge is -2.31. The van der Waals surface area contributed by atoms with Gasteiger partial charge in [0, 0.05) is 11.8 Å². The molecule has 3 nitrogen and oxygen atoms in total.